The van der Waals surface area contributed by atoms with Crippen molar-refractivity contribution in [3.63, 3.8) is 0 Å². The number of nitrogens with one attached hydrogen (secondary N) is 1. The molecule has 42 valence electrons. The first kappa shape index (κ1) is 4.89. The third-order valence-corrected chi connectivity index (χ3v) is 0.599. The summed E-state index contributed by atoms with van der Waals surface area (Å²) in [6.45, 7) is 1.64. The second-order valence-electron chi connectivity index (χ2n) is 1.28. The average molecular weight is 112 g/mol. The van der Waals surface area contributed by atoms with Gasteiger partial charge in [0.25, 0.3) is 0 Å². The van der Waals surface area contributed by atoms with Gasteiger partial charge in [-0.3, -0.25) is 0 Å². The molecule has 0 amide bonds. The second kappa shape index (κ2) is 1.69. The van der Waals surface area contributed by atoms with Crippen molar-refractivity contribution in [2.75, 3.05) is 0 Å². The SMILES string of the molecule is Cc1nnc(=O)[nH]n1. The lowest BCUT2D eigenvalue weighted by atomic mass is 10.8. The number of aromatic nitrogens is 4. The number of hydrogen-bond donors (Lipinski definition) is 1. The molecule has 1 heterocycles. The smallest absolute Gasteiger partial charge is 0.243 e. The van der Waals surface area contributed by atoms with Crippen LogP contribution in [-0.4, -0.2) is 20.4 Å². The van der Waals surface area contributed by atoms with Crippen LogP contribution in [0.1, 0.15) is 5.82 Å². The van der Waals surface area contributed by atoms with Gasteiger partial charge < -0.3 is 0 Å². The van der Waals surface area contributed by atoms with Gasteiger partial charge in [-0.1, -0.05) is 5.10 Å². The van der Waals surface area contributed by atoms with Crippen molar-refractivity contribution in [3.8, 4) is 0 Å². The van der Waals surface area contributed by atoms with Gasteiger partial charge in [0.2, 0.25) is 0 Å². The van der Waals surface area contributed by atoms with Gasteiger partial charge in [0.1, 0.15) is 0 Å². The molecule has 5 nitrogen and oxygen atoms in total. The van der Waals surface area contributed by atoms with Crippen molar-refractivity contribution in [2.24, 2.45) is 0 Å². The third-order valence-electron chi connectivity index (χ3n) is 0.599. The zero-order valence-corrected chi connectivity index (χ0v) is 4.25. The van der Waals surface area contributed by atoms with Crippen molar-refractivity contribution in [1.82, 2.24) is 20.4 Å². The highest BCUT2D eigenvalue weighted by molar-refractivity contribution is 4.65. The quantitative estimate of drug-likeness (QED) is 0.461. The molecule has 0 aliphatic rings. The first-order chi connectivity index (χ1) is 3.79. The van der Waals surface area contributed by atoms with E-state index in [1.54, 1.807) is 6.92 Å². The van der Waals surface area contributed by atoms with E-state index < -0.39 is 5.69 Å². The molecule has 1 N–H and O–H groups in total. The Morgan fingerprint density at radius 2 is 2.25 bits per heavy atom. The van der Waals surface area contributed by atoms with Crippen LogP contribution < -0.4 is 5.69 Å². The van der Waals surface area contributed by atoms with Gasteiger partial charge in [0, 0.05) is 0 Å². The molecule has 0 unspecified atom stereocenters. The highest BCUT2D eigenvalue weighted by Crippen LogP contribution is 1.66. The summed E-state index contributed by atoms with van der Waals surface area (Å²) < 4.78 is 0. The summed E-state index contributed by atoms with van der Waals surface area (Å²) in [5, 5.41) is 12.1. The molecule has 0 aliphatic heterocycles. The first-order valence-corrected chi connectivity index (χ1v) is 2.05. The fourth-order valence-electron chi connectivity index (χ4n) is 0.291. The summed E-state index contributed by atoms with van der Waals surface area (Å²) in [5.41, 5.74) is -0.518. The van der Waals surface area contributed by atoms with E-state index in [-0.39, 0.29) is 0 Å². The summed E-state index contributed by atoms with van der Waals surface area (Å²) in [6, 6.07) is 0. The maximum Gasteiger partial charge on any atom is 0.380 e. The monoisotopic (exact) mass is 112 g/mol. The Kier molecular flexibility index (Phi) is 1.03. The van der Waals surface area contributed by atoms with Gasteiger partial charge in [-0.05, 0) is 6.92 Å². The summed E-state index contributed by atoms with van der Waals surface area (Å²) in [4.78, 5) is 10.1. The van der Waals surface area contributed by atoms with E-state index in [1.165, 1.54) is 0 Å². The van der Waals surface area contributed by atoms with E-state index in [4.69, 9.17) is 0 Å². The van der Waals surface area contributed by atoms with Crippen molar-refractivity contribution < 1.29 is 0 Å². The molecule has 0 aliphatic carbocycles. The Balaban J connectivity index is 3.22. The summed E-state index contributed by atoms with van der Waals surface area (Å²) in [7, 11) is 0. The van der Waals surface area contributed by atoms with Crippen LogP contribution in [0.2, 0.25) is 0 Å². The lowest BCUT2D eigenvalue weighted by molar-refractivity contribution is 0.768. The minimum atomic E-state index is -0.518. The Morgan fingerprint density at radius 3 is 2.62 bits per heavy atom. The Hall–Kier alpha value is -1.26. The van der Waals surface area contributed by atoms with Crippen LogP contribution in [0, 0.1) is 6.92 Å². The molecule has 0 aromatic carbocycles. The number of aromatic amines is 1. The average Bonchev–Trinajstić information content (AvgIpc) is 1.77. The molecule has 8 heavy (non-hydrogen) atoms. The molecular formula is C3H4N4O. The number of hydrogen-bond acceptors (Lipinski definition) is 4. The van der Waals surface area contributed by atoms with Gasteiger partial charge in [-0.2, -0.15) is 5.10 Å². The van der Waals surface area contributed by atoms with Gasteiger partial charge in [-0.25, -0.2) is 9.89 Å². The molecule has 1 rings (SSSR count). The summed E-state index contributed by atoms with van der Waals surface area (Å²) in [6.07, 6.45) is 0. The minimum absolute atomic E-state index is 0.463. The Morgan fingerprint density at radius 1 is 1.50 bits per heavy atom. The summed E-state index contributed by atoms with van der Waals surface area (Å²) in [5.74, 6) is 0.463. The molecule has 0 saturated carbocycles. The molecule has 0 saturated heterocycles. The topological polar surface area (TPSA) is 71.5 Å². The number of aryl methyl sites for hydroxylation is 1. The van der Waals surface area contributed by atoms with E-state index in [0.717, 1.165) is 0 Å². The zero-order chi connectivity index (χ0) is 5.98. The third kappa shape index (κ3) is 0.868. The van der Waals surface area contributed by atoms with Gasteiger partial charge in [-0.15, -0.1) is 5.10 Å². The van der Waals surface area contributed by atoms with Crippen LogP contribution in [0.3, 0.4) is 0 Å². The van der Waals surface area contributed by atoms with E-state index in [9.17, 15) is 4.79 Å². The van der Waals surface area contributed by atoms with E-state index in [0.29, 0.717) is 5.82 Å². The Labute approximate surface area is 44.8 Å². The van der Waals surface area contributed by atoms with Crippen LogP contribution in [0.5, 0.6) is 0 Å². The molecule has 0 atom stereocenters. The van der Waals surface area contributed by atoms with Crippen LogP contribution in [0.25, 0.3) is 0 Å². The zero-order valence-electron chi connectivity index (χ0n) is 4.25. The van der Waals surface area contributed by atoms with E-state index >= 15 is 0 Å². The standard InChI is InChI=1S/C3H4N4O/c1-2-4-6-3(8)7-5-2/h1H3,(H,6,7,8). The second-order valence-corrected chi connectivity index (χ2v) is 1.28. The highest BCUT2D eigenvalue weighted by atomic mass is 16.1. The lowest BCUT2D eigenvalue weighted by Gasteiger charge is -1.80. The molecule has 0 bridgehead atoms. The molecule has 5 heteroatoms. The molecular weight excluding hydrogens is 108 g/mol. The predicted octanol–water partition coefficient (Wildman–Crippen LogP) is -1.13. The molecule has 0 spiro atoms. The molecule has 0 radical (unpaired) electrons. The molecule has 1 aromatic rings. The van der Waals surface area contributed by atoms with Crippen LogP contribution >= 0.6 is 0 Å². The maximum absolute atomic E-state index is 10.1. The van der Waals surface area contributed by atoms with Crippen LogP contribution in [-0.2, 0) is 0 Å². The lowest BCUT2D eigenvalue weighted by Crippen LogP contribution is -2.14. The van der Waals surface area contributed by atoms with Crippen molar-refractivity contribution >= 4 is 0 Å². The van der Waals surface area contributed by atoms with Gasteiger partial charge >= 0.3 is 5.69 Å². The predicted molar refractivity (Wildman–Crippen MR) is 25.2 cm³/mol. The number of nitrogens with zero attached hydrogens (tertiary/aromatic N) is 3. The van der Waals surface area contributed by atoms with Gasteiger partial charge in [0.15, 0.2) is 5.82 Å². The Bertz CT molecular complexity index is 208. The molecule has 1 aromatic heterocycles. The van der Waals surface area contributed by atoms with Crippen molar-refractivity contribution in [1.29, 1.82) is 0 Å². The van der Waals surface area contributed by atoms with Crippen LogP contribution in [0.15, 0.2) is 4.79 Å². The first-order valence-electron chi connectivity index (χ1n) is 2.05. The fraction of sp³-hybridized carbons (Fsp3) is 0.333. The maximum atomic E-state index is 10.1. The fourth-order valence-corrected chi connectivity index (χ4v) is 0.291. The highest BCUT2D eigenvalue weighted by Gasteiger charge is 1.83. The largest absolute Gasteiger partial charge is 0.380 e. The van der Waals surface area contributed by atoms with Gasteiger partial charge in [0.05, 0.1) is 0 Å². The number of H-pyrrole nitrogens is 1. The summed E-state index contributed by atoms with van der Waals surface area (Å²) >= 11 is 0. The van der Waals surface area contributed by atoms with Crippen molar-refractivity contribution in [3.05, 3.63) is 16.3 Å². The van der Waals surface area contributed by atoms with E-state index in [1.807, 2.05) is 0 Å². The number of rotatable bonds is 0. The van der Waals surface area contributed by atoms with E-state index in [2.05, 4.69) is 20.4 Å². The minimum Gasteiger partial charge on any atom is -0.243 e. The molecule has 0 fully saturated rings. The normalized spacial score (nSPS) is 9.12. The van der Waals surface area contributed by atoms with Crippen LogP contribution in [0.4, 0.5) is 0 Å². The van der Waals surface area contributed by atoms with Crippen molar-refractivity contribution in [2.45, 2.75) is 6.92 Å².